The highest BCUT2D eigenvalue weighted by atomic mass is 32.1. The van der Waals surface area contributed by atoms with E-state index in [0.717, 1.165) is 32.6 Å². The Labute approximate surface area is 157 Å². The monoisotopic (exact) mass is 374 g/mol. The number of fused-ring (bicyclic) bond motifs is 2. The van der Waals surface area contributed by atoms with Crippen LogP contribution in [0.2, 0.25) is 0 Å². The average molecular weight is 374 g/mol. The molecular formula is C19H14N6OS. The minimum Gasteiger partial charge on any atom is -0.320 e. The van der Waals surface area contributed by atoms with Crippen molar-refractivity contribution in [2.45, 2.75) is 6.92 Å². The molecule has 0 saturated carbocycles. The van der Waals surface area contributed by atoms with Gasteiger partial charge in [0, 0.05) is 16.2 Å². The number of para-hydroxylation sites is 1. The van der Waals surface area contributed by atoms with Crippen molar-refractivity contribution in [3.05, 3.63) is 64.7 Å². The molecule has 0 aliphatic rings. The summed E-state index contributed by atoms with van der Waals surface area (Å²) in [6.07, 6.45) is 1.74. The van der Waals surface area contributed by atoms with Gasteiger partial charge in [-0.1, -0.05) is 18.2 Å². The fraction of sp³-hybridized carbons (Fsp3) is 0.0526. The van der Waals surface area contributed by atoms with Crippen molar-refractivity contribution >= 4 is 44.7 Å². The van der Waals surface area contributed by atoms with E-state index in [2.05, 4.69) is 25.6 Å². The first-order chi connectivity index (χ1) is 13.2. The lowest BCUT2D eigenvalue weighted by atomic mass is 10.2. The molecule has 5 rings (SSSR count). The summed E-state index contributed by atoms with van der Waals surface area (Å²) in [4.78, 5) is 16.7. The van der Waals surface area contributed by atoms with Crippen molar-refractivity contribution in [2.75, 3.05) is 5.32 Å². The van der Waals surface area contributed by atoms with Crippen molar-refractivity contribution in [1.82, 2.24) is 25.0 Å². The molecule has 0 fully saturated rings. The number of carbonyl (C=O) groups excluding carboxylic acids is 1. The van der Waals surface area contributed by atoms with E-state index >= 15 is 0 Å². The maximum Gasteiger partial charge on any atom is 0.275 e. The summed E-state index contributed by atoms with van der Waals surface area (Å²) < 4.78 is 1.77. The maximum absolute atomic E-state index is 12.5. The molecule has 0 bridgehead atoms. The van der Waals surface area contributed by atoms with Gasteiger partial charge in [0.1, 0.15) is 5.69 Å². The van der Waals surface area contributed by atoms with Crippen LogP contribution >= 0.6 is 11.3 Å². The van der Waals surface area contributed by atoms with Gasteiger partial charge >= 0.3 is 0 Å². The zero-order valence-electron chi connectivity index (χ0n) is 14.3. The first-order valence-electron chi connectivity index (χ1n) is 8.34. The second-order valence-electron chi connectivity index (χ2n) is 6.09. The molecule has 27 heavy (non-hydrogen) atoms. The third kappa shape index (κ3) is 2.58. The highest BCUT2D eigenvalue weighted by Gasteiger charge is 2.15. The molecule has 8 heteroatoms. The number of aromatic nitrogens is 5. The third-order valence-corrected chi connectivity index (χ3v) is 5.14. The molecule has 1 amide bonds. The predicted molar refractivity (Wildman–Crippen MR) is 106 cm³/mol. The molecule has 0 radical (unpaired) electrons. The van der Waals surface area contributed by atoms with Crippen LogP contribution in [-0.4, -0.2) is 30.9 Å². The number of thiazole rings is 1. The highest BCUT2D eigenvalue weighted by molar-refractivity contribution is 7.09. The standard InChI is InChI=1S/C19H14N6OS/c1-11-21-16(10-27-11)19(26)22-14-7-4-8-17-13(14)9-20-25(17)18-12-5-2-3-6-15(12)23-24-18/h2-10H,1H3,(H,22,26)(H,23,24). The Bertz CT molecular complexity index is 1300. The molecule has 3 aromatic heterocycles. The largest absolute Gasteiger partial charge is 0.320 e. The van der Waals surface area contributed by atoms with Crippen molar-refractivity contribution < 1.29 is 4.79 Å². The van der Waals surface area contributed by atoms with Gasteiger partial charge in [0.05, 0.1) is 27.9 Å². The number of aryl methyl sites for hydroxylation is 1. The van der Waals surface area contributed by atoms with Crippen molar-refractivity contribution in [3.8, 4) is 5.82 Å². The van der Waals surface area contributed by atoms with E-state index < -0.39 is 0 Å². The molecule has 2 N–H and O–H groups in total. The minimum atomic E-state index is -0.232. The Morgan fingerprint density at radius 2 is 2.04 bits per heavy atom. The van der Waals surface area contributed by atoms with Gasteiger partial charge in [0.15, 0.2) is 5.82 Å². The molecule has 0 unspecified atom stereocenters. The quantitative estimate of drug-likeness (QED) is 0.501. The lowest BCUT2D eigenvalue weighted by molar-refractivity contribution is 0.102. The average Bonchev–Trinajstić information content (AvgIpc) is 3.39. The summed E-state index contributed by atoms with van der Waals surface area (Å²) in [5.74, 6) is 0.490. The van der Waals surface area contributed by atoms with Gasteiger partial charge in [0.25, 0.3) is 5.91 Å². The van der Waals surface area contributed by atoms with Gasteiger partial charge in [-0.2, -0.15) is 10.2 Å². The van der Waals surface area contributed by atoms with Crippen molar-refractivity contribution in [1.29, 1.82) is 0 Å². The van der Waals surface area contributed by atoms with Gasteiger partial charge in [-0.25, -0.2) is 9.67 Å². The molecule has 0 saturated heterocycles. The first-order valence-corrected chi connectivity index (χ1v) is 9.22. The van der Waals surface area contributed by atoms with Crippen LogP contribution in [0.1, 0.15) is 15.5 Å². The van der Waals surface area contributed by atoms with E-state index in [1.165, 1.54) is 11.3 Å². The first kappa shape index (κ1) is 15.7. The number of amides is 1. The number of nitrogens with one attached hydrogen (secondary N) is 2. The lowest BCUT2D eigenvalue weighted by Crippen LogP contribution is -2.12. The van der Waals surface area contributed by atoms with Gasteiger partial charge in [0.2, 0.25) is 0 Å². The molecule has 5 aromatic rings. The Balaban J connectivity index is 1.58. The van der Waals surface area contributed by atoms with E-state index in [-0.39, 0.29) is 5.91 Å². The minimum absolute atomic E-state index is 0.232. The van der Waals surface area contributed by atoms with Crippen molar-refractivity contribution in [3.63, 3.8) is 0 Å². The topological polar surface area (TPSA) is 88.5 Å². The number of aromatic amines is 1. The van der Waals surface area contributed by atoms with Crippen molar-refractivity contribution in [2.24, 2.45) is 0 Å². The number of H-pyrrole nitrogens is 1. The normalized spacial score (nSPS) is 11.3. The summed E-state index contributed by atoms with van der Waals surface area (Å²) in [5.41, 5.74) is 2.91. The molecule has 0 aliphatic heterocycles. The molecule has 0 spiro atoms. The number of hydrogen-bond acceptors (Lipinski definition) is 5. The van der Waals surface area contributed by atoms with Gasteiger partial charge < -0.3 is 5.32 Å². The van der Waals surface area contributed by atoms with Gasteiger partial charge in [-0.3, -0.25) is 9.89 Å². The number of benzene rings is 2. The Morgan fingerprint density at radius 1 is 1.15 bits per heavy atom. The second kappa shape index (κ2) is 6.03. The summed E-state index contributed by atoms with van der Waals surface area (Å²) in [6.45, 7) is 1.88. The summed E-state index contributed by atoms with van der Waals surface area (Å²) in [7, 11) is 0. The van der Waals surface area contributed by atoms with Crippen LogP contribution in [0.25, 0.3) is 27.6 Å². The highest BCUT2D eigenvalue weighted by Crippen LogP contribution is 2.28. The number of nitrogens with zero attached hydrogens (tertiary/aromatic N) is 4. The number of anilines is 1. The lowest BCUT2D eigenvalue weighted by Gasteiger charge is -2.05. The molecule has 2 aromatic carbocycles. The summed E-state index contributed by atoms with van der Waals surface area (Å²) in [5, 5.41) is 19.3. The number of carbonyl (C=O) groups is 1. The van der Waals surface area contributed by atoms with Crippen LogP contribution in [-0.2, 0) is 0 Å². The van der Waals surface area contributed by atoms with Crippen LogP contribution in [0.5, 0.6) is 0 Å². The SMILES string of the molecule is Cc1nc(C(=O)Nc2cccc3c2cnn3-c2n[nH]c3ccccc23)cs1. The zero-order chi connectivity index (χ0) is 18.4. The van der Waals surface area contributed by atoms with Crippen LogP contribution in [0.15, 0.2) is 54.0 Å². The molecule has 7 nitrogen and oxygen atoms in total. The van der Waals surface area contributed by atoms with E-state index in [4.69, 9.17) is 0 Å². The third-order valence-electron chi connectivity index (χ3n) is 4.36. The summed E-state index contributed by atoms with van der Waals surface area (Å²) in [6, 6.07) is 13.6. The molecule has 0 aliphatic carbocycles. The Morgan fingerprint density at radius 3 is 2.89 bits per heavy atom. The summed E-state index contributed by atoms with van der Waals surface area (Å²) >= 11 is 1.45. The van der Waals surface area contributed by atoms with Crippen LogP contribution in [0.3, 0.4) is 0 Å². The smallest absolute Gasteiger partial charge is 0.275 e. The predicted octanol–water partition coefficient (Wildman–Crippen LogP) is 3.92. The van der Waals surface area contributed by atoms with Crippen LogP contribution in [0, 0.1) is 6.92 Å². The second-order valence-corrected chi connectivity index (χ2v) is 7.16. The maximum atomic E-state index is 12.5. The Hall–Kier alpha value is -3.52. The van der Waals surface area contributed by atoms with Crippen LogP contribution in [0.4, 0.5) is 5.69 Å². The molecular weight excluding hydrogens is 360 g/mol. The van der Waals surface area contributed by atoms with E-state index in [0.29, 0.717) is 11.4 Å². The van der Waals surface area contributed by atoms with Gasteiger partial charge in [-0.05, 0) is 31.2 Å². The van der Waals surface area contributed by atoms with Gasteiger partial charge in [-0.15, -0.1) is 11.3 Å². The molecule has 0 atom stereocenters. The van der Waals surface area contributed by atoms with E-state index in [1.807, 2.05) is 49.4 Å². The number of rotatable bonds is 3. The molecule has 3 heterocycles. The zero-order valence-corrected chi connectivity index (χ0v) is 15.1. The molecule has 132 valence electrons. The Kier molecular flexibility index (Phi) is 3.51. The van der Waals surface area contributed by atoms with E-state index in [1.54, 1.807) is 16.3 Å². The van der Waals surface area contributed by atoms with Crippen LogP contribution < -0.4 is 5.32 Å². The fourth-order valence-electron chi connectivity index (χ4n) is 3.09. The fourth-order valence-corrected chi connectivity index (χ4v) is 3.69. The van der Waals surface area contributed by atoms with E-state index in [9.17, 15) is 4.79 Å². The number of hydrogen-bond donors (Lipinski definition) is 2.